The largest absolute Gasteiger partial charge is 0.481 e. The monoisotopic (exact) mass is 396 g/mol. The number of carboxylic acids is 1. The fourth-order valence-corrected chi connectivity index (χ4v) is 2.44. The van der Waals surface area contributed by atoms with Gasteiger partial charge in [0.1, 0.15) is 5.56 Å². The lowest BCUT2D eigenvalue weighted by atomic mass is 10.1. The number of fused-ring (bicyclic) bond motifs is 1. The van der Waals surface area contributed by atoms with Gasteiger partial charge >= 0.3 is 5.97 Å². The van der Waals surface area contributed by atoms with Gasteiger partial charge in [-0.1, -0.05) is 12.1 Å². The van der Waals surface area contributed by atoms with Crippen LogP contribution in [0.4, 0.5) is 5.69 Å². The van der Waals surface area contributed by atoms with Crippen LogP contribution in [0.3, 0.4) is 0 Å². The first-order valence-corrected chi connectivity index (χ1v) is 8.72. The van der Waals surface area contributed by atoms with Crippen molar-refractivity contribution >= 4 is 34.4 Å². The van der Waals surface area contributed by atoms with E-state index in [0.717, 1.165) is 6.92 Å². The molecule has 0 atom stereocenters. The number of carbonyl (C=O) groups excluding carboxylic acids is 2. The van der Waals surface area contributed by atoms with Crippen LogP contribution in [0.2, 0.25) is 0 Å². The Kier molecular flexibility index (Phi) is 7.25. The number of benzene rings is 2. The van der Waals surface area contributed by atoms with Crippen LogP contribution in [0, 0.1) is 0 Å². The highest BCUT2D eigenvalue weighted by Crippen LogP contribution is 2.13. The van der Waals surface area contributed by atoms with E-state index >= 15 is 0 Å². The average Bonchev–Trinajstić information content (AvgIpc) is 2.68. The molecule has 0 aliphatic rings. The molecule has 0 saturated carbocycles. The van der Waals surface area contributed by atoms with Gasteiger partial charge in [0.2, 0.25) is 5.43 Å². The Labute approximate surface area is 166 Å². The normalized spacial score (nSPS) is 9.86. The second-order valence-corrected chi connectivity index (χ2v) is 5.85. The molecule has 0 spiro atoms. The Bertz CT molecular complexity index is 1080. The number of aromatic nitrogens is 1. The van der Waals surface area contributed by atoms with Crippen molar-refractivity contribution in [3.05, 3.63) is 76.1 Å². The molecule has 3 N–H and O–H groups in total. The molecule has 0 aliphatic carbocycles. The molecule has 8 nitrogen and oxygen atoms in total. The third-order valence-corrected chi connectivity index (χ3v) is 3.69. The van der Waals surface area contributed by atoms with Gasteiger partial charge in [-0.05, 0) is 43.3 Å². The van der Waals surface area contributed by atoms with Crippen LogP contribution in [0.15, 0.2) is 59.5 Å². The molecule has 2 aromatic carbocycles. The van der Waals surface area contributed by atoms with Crippen LogP contribution in [-0.4, -0.2) is 34.5 Å². The van der Waals surface area contributed by atoms with Gasteiger partial charge < -0.3 is 20.1 Å². The van der Waals surface area contributed by atoms with Gasteiger partial charge in [0, 0.05) is 29.7 Å². The van der Waals surface area contributed by atoms with Gasteiger partial charge in [-0.3, -0.25) is 14.4 Å². The maximum absolute atomic E-state index is 12.4. The van der Waals surface area contributed by atoms with Crippen LogP contribution in [0.5, 0.6) is 0 Å². The van der Waals surface area contributed by atoms with E-state index in [2.05, 4.69) is 10.3 Å². The van der Waals surface area contributed by atoms with Crippen molar-refractivity contribution in [3.63, 3.8) is 0 Å². The van der Waals surface area contributed by atoms with E-state index in [1.165, 1.54) is 6.20 Å². The Morgan fingerprint density at radius 2 is 1.69 bits per heavy atom. The van der Waals surface area contributed by atoms with Crippen LogP contribution in [-0.2, 0) is 9.53 Å². The van der Waals surface area contributed by atoms with Gasteiger partial charge in [0.05, 0.1) is 12.2 Å². The van der Waals surface area contributed by atoms with Crippen LogP contribution in [0.25, 0.3) is 10.9 Å². The Morgan fingerprint density at radius 3 is 2.31 bits per heavy atom. The number of pyridine rings is 1. The van der Waals surface area contributed by atoms with E-state index < -0.39 is 17.8 Å². The Hall–Kier alpha value is -3.94. The number of aliphatic carboxylic acids is 1. The summed E-state index contributed by atoms with van der Waals surface area (Å²) >= 11 is 0. The molecular weight excluding hydrogens is 376 g/mol. The van der Waals surface area contributed by atoms with E-state index in [9.17, 15) is 14.4 Å². The van der Waals surface area contributed by atoms with Crippen molar-refractivity contribution in [3.8, 4) is 0 Å². The summed E-state index contributed by atoms with van der Waals surface area (Å²) in [6.07, 6.45) is 1.40. The lowest BCUT2D eigenvalue weighted by Crippen LogP contribution is -2.21. The predicted octanol–water partition coefficient (Wildman–Crippen LogP) is 3.05. The van der Waals surface area contributed by atoms with E-state index in [1.807, 2.05) is 6.07 Å². The SMILES string of the molecule is CC(=O)O.CCOC(=O)c1ccc(NC(=O)c2c[nH]c3ccccc3c2=O)cc1. The molecule has 3 aromatic rings. The van der Waals surface area contributed by atoms with Crippen molar-refractivity contribution in [2.75, 3.05) is 11.9 Å². The summed E-state index contributed by atoms with van der Waals surface area (Å²) in [5.41, 5.74) is 1.22. The standard InChI is InChI=1S/C19H16N2O4.C2H4O2/c1-2-25-19(24)12-7-9-13(10-8-12)21-18(23)15-11-20-16-6-4-3-5-14(16)17(15)22;1-2(3)4/h3-11H,2H2,1H3,(H,20,22)(H,21,23);1H3,(H,3,4). The maximum atomic E-state index is 12.4. The van der Waals surface area contributed by atoms with Crippen molar-refractivity contribution in [1.82, 2.24) is 4.98 Å². The first-order valence-electron chi connectivity index (χ1n) is 8.72. The number of rotatable bonds is 4. The smallest absolute Gasteiger partial charge is 0.338 e. The average molecular weight is 396 g/mol. The molecule has 1 heterocycles. The molecule has 0 saturated heterocycles. The fourth-order valence-electron chi connectivity index (χ4n) is 2.44. The minimum Gasteiger partial charge on any atom is -0.481 e. The zero-order chi connectivity index (χ0) is 21.4. The van der Waals surface area contributed by atoms with Crippen LogP contribution < -0.4 is 10.7 Å². The number of aromatic amines is 1. The van der Waals surface area contributed by atoms with Gasteiger partial charge in [-0.15, -0.1) is 0 Å². The molecule has 0 radical (unpaired) electrons. The summed E-state index contributed by atoms with van der Waals surface area (Å²) in [5.74, 6) is -1.78. The number of nitrogens with one attached hydrogen (secondary N) is 2. The summed E-state index contributed by atoms with van der Waals surface area (Å²) < 4.78 is 4.90. The molecule has 1 aromatic heterocycles. The minimum atomic E-state index is -0.833. The van der Waals surface area contributed by atoms with Crippen molar-refractivity contribution < 1.29 is 24.2 Å². The number of amides is 1. The van der Waals surface area contributed by atoms with Gasteiger partial charge in [-0.25, -0.2) is 4.79 Å². The highest BCUT2D eigenvalue weighted by atomic mass is 16.5. The van der Waals surface area contributed by atoms with Crippen molar-refractivity contribution in [2.45, 2.75) is 13.8 Å². The molecule has 0 fully saturated rings. The zero-order valence-electron chi connectivity index (χ0n) is 15.9. The van der Waals surface area contributed by atoms with Gasteiger partial charge in [0.15, 0.2) is 0 Å². The number of carboxylic acid groups (broad SMARTS) is 1. The highest BCUT2D eigenvalue weighted by Gasteiger charge is 2.13. The number of anilines is 1. The quantitative estimate of drug-likeness (QED) is 0.582. The summed E-state index contributed by atoms with van der Waals surface area (Å²) in [5, 5.41) is 10.5. The number of carbonyl (C=O) groups is 3. The maximum Gasteiger partial charge on any atom is 0.338 e. The lowest BCUT2D eigenvalue weighted by Gasteiger charge is -2.07. The molecule has 8 heteroatoms. The minimum absolute atomic E-state index is 0.0215. The molecule has 150 valence electrons. The first-order chi connectivity index (χ1) is 13.8. The Balaban J connectivity index is 0.000000687. The number of H-pyrrole nitrogens is 1. The summed E-state index contributed by atoms with van der Waals surface area (Å²) in [6, 6.07) is 13.3. The molecule has 1 amide bonds. The molecule has 0 unspecified atom stereocenters. The molecule has 0 aliphatic heterocycles. The van der Waals surface area contributed by atoms with E-state index in [-0.39, 0.29) is 11.0 Å². The third kappa shape index (κ3) is 5.77. The first kappa shape index (κ1) is 21.4. The fraction of sp³-hybridized carbons (Fsp3) is 0.143. The van der Waals surface area contributed by atoms with Gasteiger partial charge in [0.25, 0.3) is 11.9 Å². The van der Waals surface area contributed by atoms with Crippen LogP contribution in [0.1, 0.15) is 34.6 Å². The number of ether oxygens (including phenoxy) is 1. The molecule has 3 rings (SSSR count). The van der Waals surface area contributed by atoms with E-state index in [0.29, 0.717) is 28.8 Å². The number of para-hydroxylation sites is 1. The van der Waals surface area contributed by atoms with Crippen LogP contribution >= 0.6 is 0 Å². The van der Waals surface area contributed by atoms with Gasteiger partial charge in [-0.2, -0.15) is 0 Å². The number of hydrogen-bond acceptors (Lipinski definition) is 5. The summed E-state index contributed by atoms with van der Waals surface area (Å²) in [4.78, 5) is 48.4. The lowest BCUT2D eigenvalue weighted by molar-refractivity contribution is -0.134. The summed E-state index contributed by atoms with van der Waals surface area (Å²) in [6.45, 7) is 3.11. The van der Waals surface area contributed by atoms with E-state index in [1.54, 1.807) is 49.4 Å². The van der Waals surface area contributed by atoms with E-state index in [4.69, 9.17) is 14.6 Å². The predicted molar refractivity (Wildman–Crippen MR) is 108 cm³/mol. The second kappa shape index (κ2) is 9.84. The number of hydrogen-bond donors (Lipinski definition) is 3. The second-order valence-electron chi connectivity index (χ2n) is 5.85. The molecular formula is C21H20N2O6. The molecule has 0 bridgehead atoms. The summed E-state index contributed by atoms with van der Waals surface area (Å²) in [7, 11) is 0. The zero-order valence-corrected chi connectivity index (χ0v) is 15.9. The van der Waals surface area contributed by atoms with Crippen molar-refractivity contribution in [1.29, 1.82) is 0 Å². The van der Waals surface area contributed by atoms with Crippen molar-refractivity contribution in [2.24, 2.45) is 0 Å². The third-order valence-electron chi connectivity index (χ3n) is 3.69. The molecule has 29 heavy (non-hydrogen) atoms. The Morgan fingerprint density at radius 1 is 1.07 bits per heavy atom. The highest BCUT2D eigenvalue weighted by molar-refractivity contribution is 6.05. The number of esters is 1. The topological polar surface area (TPSA) is 126 Å².